The second kappa shape index (κ2) is 17.3. The van der Waals surface area contributed by atoms with Crippen LogP contribution in [0.5, 0.6) is 0 Å². The number of carbonyl (C=O) groups excluding carboxylic acids is 1. The van der Waals surface area contributed by atoms with Gasteiger partial charge in [0.25, 0.3) is 6.16 Å². The van der Waals surface area contributed by atoms with Crippen molar-refractivity contribution in [3.8, 4) is 0 Å². The van der Waals surface area contributed by atoms with Crippen LogP contribution in [0.4, 0.5) is 10.5 Å². The van der Waals surface area contributed by atoms with Gasteiger partial charge in [0.1, 0.15) is 0 Å². The Morgan fingerprint density at radius 2 is 1.32 bits per heavy atom. The minimum atomic E-state index is -3.63. The van der Waals surface area contributed by atoms with Crippen LogP contribution in [0, 0.1) is 0 Å². The SMILES string of the molecule is CCCCCCCCCCCCCCCC(CCS(=O)(=O)c1cccc2c(N(C)C)cccc12)OC(=O)[O-]. The molecule has 0 radical (unpaired) electrons. The molecule has 0 aliphatic rings. The van der Waals surface area contributed by atoms with Crippen molar-refractivity contribution in [1.82, 2.24) is 0 Å². The van der Waals surface area contributed by atoms with Gasteiger partial charge < -0.3 is 19.5 Å². The summed E-state index contributed by atoms with van der Waals surface area (Å²) < 4.78 is 31.5. The molecule has 214 valence electrons. The number of unbranched alkanes of at least 4 members (excludes halogenated alkanes) is 12. The summed E-state index contributed by atoms with van der Waals surface area (Å²) in [4.78, 5) is 13.4. The van der Waals surface area contributed by atoms with Crippen molar-refractivity contribution < 1.29 is 23.1 Å². The van der Waals surface area contributed by atoms with Gasteiger partial charge in [0.15, 0.2) is 9.84 Å². The Hall–Kier alpha value is -2.28. The van der Waals surface area contributed by atoms with Gasteiger partial charge in [-0.3, -0.25) is 0 Å². The van der Waals surface area contributed by atoms with Gasteiger partial charge >= 0.3 is 0 Å². The Balaban J connectivity index is 1.78. The summed E-state index contributed by atoms with van der Waals surface area (Å²) >= 11 is 0. The fourth-order valence-corrected chi connectivity index (χ4v) is 6.70. The smallest absolute Gasteiger partial charge is 0.252 e. The number of carbonyl (C=O) groups is 1. The minimum Gasteiger partial charge on any atom is -0.546 e. The second-order valence-corrected chi connectivity index (χ2v) is 12.7. The van der Waals surface area contributed by atoms with Gasteiger partial charge in [-0.15, -0.1) is 0 Å². The first-order valence-electron chi connectivity index (χ1n) is 14.6. The van der Waals surface area contributed by atoms with Crippen molar-refractivity contribution in [2.45, 2.75) is 114 Å². The van der Waals surface area contributed by atoms with Crippen molar-refractivity contribution in [3.05, 3.63) is 36.4 Å². The van der Waals surface area contributed by atoms with Gasteiger partial charge in [-0.1, -0.05) is 115 Å². The van der Waals surface area contributed by atoms with Crippen LogP contribution in [0.25, 0.3) is 10.8 Å². The molecule has 0 spiro atoms. The number of fused-ring (bicyclic) bond motifs is 1. The predicted octanol–water partition coefficient (Wildman–Crippen LogP) is 7.28. The van der Waals surface area contributed by atoms with E-state index in [1.807, 2.05) is 43.3 Å². The van der Waals surface area contributed by atoms with E-state index in [1.54, 1.807) is 12.1 Å². The summed E-state index contributed by atoms with van der Waals surface area (Å²) in [6.45, 7) is 2.25. The lowest BCUT2D eigenvalue weighted by Crippen LogP contribution is -2.30. The maximum atomic E-state index is 13.3. The molecule has 0 saturated heterocycles. The number of carboxylic acid groups (broad SMARTS) is 1. The lowest BCUT2D eigenvalue weighted by Gasteiger charge is -2.22. The summed E-state index contributed by atoms with van der Waals surface area (Å²) in [6, 6.07) is 10.9. The van der Waals surface area contributed by atoms with Crippen molar-refractivity contribution >= 4 is 32.5 Å². The van der Waals surface area contributed by atoms with E-state index in [0.29, 0.717) is 11.8 Å². The third kappa shape index (κ3) is 11.2. The van der Waals surface area contributed by atoms with Crippen LogP contribution in [0.1, 0.15) is 103 Å². The van der Waals surface area contributed by atoms with E-state index in [9.17, 15) is 18.3 Å². The molecule has 1 atom stereocenters. The molecule has 0 amide bonds. The van der Waals surface area contributed by atoms with Gasteiger partial charge in [-0.25, -0.2) is 8.42 Å². The molecule has 0 saturated carbocycles. The molecule has 0 N–H and O–H groups in total. The van der Waals surface area contributed by atoms with E-state index < -0.39 is 22.1 Å². The zero-order chi connectivity index (χ0) is 27.8. The number of hydrogen-bond donors (Lipinski definition) is 0. The minimum absolute atomic E-state index is 0.123. The van der Waals surface area contributed by atoms with Crippen LogP contribution in [0.2, 0.25) is 0 Å². The highest BCUT2D eigenvalue weighted by Gasteiger charge is 2.21. The molecule has 0 aromatic heterocycles. The average molecular weight is 547 g/mol. The lowest BCUT2D eigenvalue weighted by atomic mass is 10.0. The molecule has 2 rings (SSSR count). The predicted molar refractivity (Wildman–Crippen MR) is 156 cm³/mol. The summed E-state index contributed by atoms with van der Waals surface area (Å²) in [6.07, 6.45) is 14.4. The molecule has 2 aromatic rings. The second-order valence-electron chi connectivity index (χ2n) is 10.7. The number of rotatable bonds is 20. The van der Waals surface area contributed by atoms with Crippen molar-refractivity contribution in [3.63, 3.8) is 0 Å². The molecular weight excluding hydrogens is 498 g/mol. The third-order valence-electron chi connectivity index (χ3n) is 7.28. The monoisotopic (exact) mass is 546 g/mol. The Labute approximate surface area is 230 Å². The maximum absolute atomic E-state index is 13.3. The van der Waals surface area contributed by atoms with E-state index in [1.165, 1.54) is 64.2 Å². The number of ether oxygens (including phenoxy) is 1. The van der Waals surface area contributed by atoms with Gasteiger partial charge in [0.05, 0.1) is 10.6 Å². The average Bonchev–Trinajstić information content (AvgIpc) is 2.88. The van der Waals surface area contributed by atoms with E-state index in [4.69, 9.17) is 4.74 Å². The van der Waals surface area contributed by atoms with Crippen molar-refractivity contribution in [2.24, 2.45) is 0 Å². The van der Waals surface area contributed by atoms with Crippen LogP contribution in [-0.2, 0) is 14.6 Å². The highest BCUT2D eigenvalue weighted by Crippen LogP contribution is 2.31. The highest BCUT2D eigenvalue weighted by atomic mass is 32.2. The van der Waals surface area contributed by atoms with Crippen molar-refractivity contribution in [2.75, 3.05) is 24.7 Å². The maximum Gasteiger partial charge on any atom is 0.252 e. The molecule has 2 aromatic carbocycles. The molecule has 0 heterocycles. The number of anilines is 1. The molecule has 1 unspecified atom stereocenters. The van der Waals surface area contributed by atoms with Gasteiger partial charge in [0, 0.05) is 36.7 Å². The van der Waals surface area contributed by atoms with Crippen LogP contribution < -0.4 is 10.0 Å². The summed E-state index contributed by atoms with van der Waals surface area (Å²) in [5.74, 6) is -0.172. The topological polar surface area (TPSA) is 86.7 Å². The largest absolute Gasteiger partial charge is 0.546 e. The van der Waals surface area contributed by atoms with E-state index in [0.717, 1.165) is 30.3 Å². The molecular formula is C31H48NO5S-. The Kier molecular flexibility index (Phi) is 14.6. The number of benzene rings is 2. The molecule has 6 nitrogen and oxygen atoms in total. The molecule has 7 heteroatoms. The fourth-order valence-electron chi connectivity index (χ4n) is 5.11. The Morgan fingerprint density at radius 3 is 1.87 bits per heavy atom. The quantitative estimate of drug-likeness (QED) is 0.128. The van der Waals surface area contributed by atoms with Crippen LogP contribution in [-0.4, -0.2) is 40.5 Å². The van der Waals surface area contributed by atoms with Gasteiger partial charge in [-0.2, -0.15) is 0 Å². The molecule has 38 heavy (non-hydrogen) atoms. The summed E-state index contributed by atoms with van der Waals surface area (Å²) in [5, 5.41) is 12.7. The number of sulfone groups is 1. The van der Waals surface area contributed by atoms with Crippen LogP contribution in [0.3, 0.4) is 0 Å². The number of nitrogens with zero attached hydrogens (tertiary/aromatic N) is 1. The Bertz CT molecular complexity index is 1070. The summed E-state index contributed by atoms with van der Waals surface area (Å²) in [7, 11) is 0.220. The summed E-state index contributed by atoms with van der Waals surface area (Å²) in [5.41, 5.74) is 0.945. The van der Waals surface area contributed by atoms with E-state index >= 15 is 0 Å². The van der Waals surface area contributed by atoms with Gasteiger partial charge in [0.2, 0.25) is 0 Å². The molecule has 0 aliphatic heterocycles. The van der Waals surface area contributed by atoms with Crippen molar-refractivity contribution in [1.29, 1.82) is 0 Å². The van der Waals surface area contributed by atoms with Crippen LogP contribution in [0.15, 0.2) is 41.3 Å². The van der Waals surface area contributed by atoms with Gasteiger partial charge in [-0.05, 0) is 25.0 Å². The zero-order valence-corrected chi connectivity index (χ0v) is 24.6. The molecule has 0 aliphatic carbocycles. The van der Waals surface area contributed by atoms with E-state index in [2.05, 4.69) is 6.92 Å². The standard InChI is InChI=1S/C31H49NO5S/c1-4-5-6-7-8-9-10-11-12-13-14-15-16-19-26(37-31(33)34)24-25-38(35,36)30-23-18-20-27-28(30)21-17-22-29(27)32(2)3/h17-18,20-23,26H,4-16,19,24-25H2,1-3H3,(H,33,34)/p-1. The first-order valence-corrected chi connectivity index (χ1v) is 16.2. The fraction of sp³-hybridized carbons (Fsp3) is 0.645. The lowest BCUT2D eigenvalue weighted by molar-refractivity contribution is -0.287. The molecule has 0 bridgehead atoms. The number of hydrogen-bond acceptors (Lipinski definition) is 6. The first kappa shape index (κ1) is 31.9. The van der Waals surface area contributed by atoms with E-state index in [-0.39, 0.29) is 17.1 Å². The normalized spacial score (nSPS) is 12.5. The first-order chi connectivity index (χ1) is 18.3. The highest BCUT2D eigenvalue weighted by molar-refractivity contribution is 7.91. The third-order valence-corrected chi connectivity index (χ3v) is 9.08. The van der Waals surface area contributed by atoms with Crippen LogP contribution >= 0.6 is 0 Å². The zero-order valence-electron chi connectivity index (χ0n) is 23.8. The molecule has 0 fully saturated rings. The Morgan fingerprint density at radius 1 is 0.789 bits per heavy atom.